The number of hydrogen-bond acceptors (Lipinski definition) is 4. The van der Waals surface area contributed by atoms with Crippen molar-refractivity contribution in [2.24, 2.45) is 0 Å². The molecule has 0 spiro atoms. The van der Waals surface area contributed by atoms with Crippen LogP contribution in [0.15, 0.2) is 12.1 Å². The van der Waals surface area contributed by atoms with Gasteiger partial charge in [-0.25, -0.2) is 0 Å². The van der Waals surface area contributed by atoms with E-state index in [1.165, 1.54) is 6.42 Å². The number of aromatic nitrogens is 1. The largest absolute Gasteiger partial charge is 0.371 e. The summed E-state index contributed by atoms with van der Waals surface area (Å²) in [5, 5.41) is 12.3. The molecule has 0 saturated carbocycles. The third-order valence-corrected chi connectivity index (χ3v) is 4.58. The van der Waals surface area contributed by atoms with Crippen LogP contribution in [0.3, 0.4) is 0 Å². The molecule has 3 rings (SSSR count). The maximum atomic E-state index is 11.6. The van der Waals surface area contributed by atoms with Gasteiger partial charge in [0.05, 0.1) is 16.1 Å². The molecule has 0 atom stereocenters. The van der Waals surface area contributed by atoms with Gasteiger partial charge in [-0.3, -0.25) is 15.1 Å². The Balaban J connectivity index is 2.35. The Bertz CT molecular complexity index is 749. The number of nitro benzene ring substituents is 1. The Labute approximate surface area is 130 Å². The molecule has 1 aliphatic rings. The molecule has 5 nitrogen and oxygen atoms in total. The number of hydrogen-bond donors (Lipinski definition) is 0. The van der Waals surface area contributed by atoms with Gasteiger partial charge in [-0.05, 0) is 57.2 Å². The second-order valence-electron chi connectivity index (χ2n) is 6.15. The predicted octanol–water partition coefficient (Wildman–Crippen LogP) is 4.06. The van der Waals surface area contributed by atoms with Crippen LogP contribution in [-0.2, 0) is 0 Å². The van der Waals surface area contributed by atoms with Crippen molar-refractivity contribution in [2.45, 2.75) is 40.0 Å². The molecule has 2 heterocycles. The summed E-state index contributed by atoms with van der Waals surface area (Å²) in [7, 11) is 0. The Hall–Kier alpha value is -2.17. The standard InChI is InChI=1S/C17H21N3O2/c1-11-9-15(20(21)22)16-14(19-7-5-4-6-8-19)10-12(2)18-17(16)13(11)3/h9-10H,4-8H2,1-3H3. The molecule has 5 heteroatoms. The van der Waals surface area contributed by atoms with Crippen LogP contribution in [0.4, 0.5) is 11.4 Å². The minimum absolute atomic E-state index is 0.172. The second-order valence-corrected chi connectivity index (χ2v) is 6.15. The van der Waals surface area contributed by atoms with Crippen molar-refractivity contribution in [1.29, 1.82) is 0 Å². The first-order valence-corrected chi connectivity index (χ1v) is 7.80. The molecule has 1 aromatic carbocycles. The van der Waals surface area contributed by atoms with Crippen molar-refractivity contribution >= 4 is 22.3 Å². The monoisotopic (exact) mass is 299 g/mol. The zero-order valence-corrected chi connectivity index (χ0v) is 13.3. The average Bonchev–Trinajstić information content (AvgIpc) is 2.51. The molecule has 1 saturated heterocycles. The highest BCUT2D eigenvalue weighted by Crippen LogP contribution is 2.38. The Kier molecular flexibility index (Phi) is 3.72. The van der Waals surface area contributed by atoms with E-state index in [2.05, 4.69) is 9.88 Å². The minimum Gasteiger partial charge on any atom is -0.371 e. The van der Waals surface area contributed by atoms with E-state index in [9.17, 15) is 10.1 Å². The van der Waals surface area contributed by atoms with Crippen LogP contribution < -0.4 is 4.90 Å². The van der Waals surface area contributed by atoms with Crippen LogP contribution in [0.1, 0.15) is 36.1 Å². The van der Waals surface area contributed by atoms with Crippen LogP contribution in [0.2, 0.25) is 0 Å². The van der Waals surface area contributed by atoms with Gasteiger partial charge in [-0.2, -0.15) is 0 Å². The lowest BCUT2D eigenvalue weighted by Gasteiger charge is -2.30. The lowest BCUT2D eigenvalue weighted by molar-refractivity contribution is -0.383. The van der Waals surface area contributed by atoms with Gasteiger partial charge in [0.1, 0.15) is 5.39 Å². The molecule has 0 bridgehead atoms. The Morgan fingerprint density at radius 2 is 1.82 bits per heavy atom. The van der Waals surface area contributed by atoms with E-state index in [0.717, 1.165) is 54.0 Å². The van der Waals surface area contributed by atoms with Crippen LogP contribution in [0.5, 0.6) is 0 Å². The van der Waals surface area contributed by atoms with Crippen molar-refractivity contribution < 1.29 is 4.92 Å². The summed E-state index contributed by atoms with van der Waals surface area (Å²) in [6.07, 6.45) is 3.52. The summed E-state index contributed by atoms with van der Waals surface area (Å²) < 4.78 is 0. The number of pyridine rings is 1. The molecule has 0 aliphatic carbocycles. The highest BCUT2D eigenvalue weighted by Gasteiger charge is 2.24. The first-order chi connectivity index (χ1) is 10.5. The number of benzene rings is 1. The average molecular weight is 299 g/mol. The first kappa shape index (κ1) is 14.8. The zero-order valence-electron chi connectivity index (χ0n) is 13.3. The third kappa shape index (κ3) is 2.40. The van der Waals surface area contributed by atoms with Gasteiger partial charge >= 0.3 is 0 Å². The van der Waals surface area contributed by atoms with Gasteiger partial charge in [0.25, 0.3) is 5.69 Å². The Morgan fingerprint density at radius 3 is 2.45 bits per heavy atom. The van der Waals surface area contributed by atoms with E-state index in [0.29, 0.717) is 5.39 Å². The second kappa shape index (κ2) is 5.55. The quantitative estimate of drug-likeness (QED) is 0.620. The predicted molar refractivity (Wildman–Crippen MR) is 88.7 cm³/mol. The number of non-ortho nitro benzene ring substituents is 1. The van der Waals surface area contributed by atoms with Gasteiger partial charge in [-0.15, -0.1) is 0 Å². The molecule has 0 radical (unpaired) electrons. The first-order valence-electron chi connectivity index (χ1n) is 7.80. The number of fused-ring (bicyclic) bond motifs is 1. The van der Waals surface area contributed by atoms with Crippen LogP contribution in [0, 0.1) is 30.9 Å². The van der Waals surface area contributed by atoms with Crippen molar-refractivity contribution in [2.75, 3.05) is 18.0 Å². The number of aryl methyl sites for hydroxylation is 3. The molecule has 2 aromatic rings. The topological polar surface area (TPSA) is 59.3 Å². The fourth-order valence-corrected chi connectivity index (χ4v) is 3.28. The number of anilines is 1. The van der Waals surface area contributed by atoms with E-state index in [-0.39, 0.29) is 10.6 Å². The van der Waals surface area contributed by atoms with Gasteiger partial charge in [0.2, 0.25) is 0 Å². The van der Waals surface area contributed by atoms with Gasteiger partial charge in [0.15, 0.2) is 0 Å². The third-order valence-electron chi connectivity index (χ3n) is 4.58. The zero-order chi connectivity index (χ0) is 15.9. The molecule has 0 N–H and O–H groups in total. The maximum Gasteiger partial charge on any atom is 0.281 e. The number of rotatable bonds is 2. The van der Waals surface area contributed by atoms with Crippen LogP contribution in [0.25, 0.3) is 10.9 Å². The Morgan fingerprint density at radius 1 is 1.14 bits per heavy atom. The van der Waals surface area contributed by atoms with Gasteiger partial charge in [0, 0.05) is 24.8 Å². The highest BCUT2D eigenvalue weighted by atomic mass is 16.6. The lowest BCUT2D eigenvalue weighted by atomic mass is 10.00. The van der Waals surface area contributed by atoms with Gasteiger partial charge < -0.3 is 4.90 Å². The molecular formula is C17H21N3O2. The highest BCUT2D eigenvalue weighted by molar-refractivity contribution is 6.01. The van der Waals surface area contributed by atoms with E-state index in [4.69, 9.17) is 0 Å². The summed E-state index contributed by atoms with van der Waals surface area (Å²) in [4.78, 5) is 18.2. The van der Waals surface area contributed by atoms with Crippen LogP contribution >= 0.6 is 0 Å². The van der Waals surface area contributed by atoms with E-state index >= 15 is 0 Å². The molecule has 0 amide bonds. The summed E-state index contributed by atoms with van der Waals surface area (Å²) in [6, 6.07) is 3.68. The molecule has 116 valence electrons. The summed E-state index contributed by atoms with van der Waals surface area (Å²) >= 11 is 0. The lowest BCUT2D eigenvalue weighted by Crippen LogP contribution is -2.29. The molecule has 0 unspecified atom stereocenters. The van der Waals surface area contributed by atoms with Gasteiger partial charge in [-0.1, -0.05) is 0 Å². The van der Waals surface area contributed by atoms with Crippen molar-refractivity contribution in [1.82, 2.24) is 4.98 Å². The normalized spacial score (nSPS) is 15.3. The fourth-order valence-electron chi connectivity index (χ4n) is 3.28. The SMILES string of the molecule is Cc1cc(N2CCCCC2)c2c([N+](=O)[O-])cc(C)c(C)c2n1. The smallest absolute Gasteiger partial charge is 0.281 e. The van der Waals surface area contributed by atoms with E-state index in [1.807, 2.05) is 26.8 Å². The molecule has 1 fully saturated rings. The maximum absolute atomic E-state index is 11.6. The number of nitro groups is 1. The van der Waals surface area contributed by atoms with E-state index < -0.39 is 0 Å². The molecule has 1 aromatic heterocycles. The van der Waals surface area contributed by atoms with Crippen molar-refractivity contribution in [3.63, 3.8) is 0 Å². The van der Waals surface area contributed by atoms with Crippen molar-refractivity contribution in [3.8, 4) is 0 Å². The minimum atomic E-state index is -0.279. The summed E-state index contributed by atoms with van der Waals surface area (Å²) in [6.45, 7) is 7.78. The van der Waals surface area contributed by atoms with E-state index in [1.54, 1.807) is 6.07 Å². The molecule has 22 heavy (non-hydrogen) atoms. The van der Waals surface area contributed by atoms with Crippen molar-refractivity contribution in [3.05, 3.63) is 39.1 Å². The van der Waals surface area contributed by atoms with Crippen LogP contribution in [-0.4, -0.2) is 23.0 Å². The molecular weight excluding hydrogens is 278 g/mol. The molecule has 1 aliphatic heterocycles. The summed E-state index contributed by atoms with van der Waals surface area (Å²) in [5.74, 6) is 0. The number of piperidine rings is 1. The summed E-state index contributed by atoms with van der Waals surface area (Å²) in [5.41, 5.74) is 4.77. The fraction of sp³-hybridized carbons (Fsp3) is 0.471. The number of nitrogens with zero attached hydrogens (tertiary/aromatic N) is 3.